The number of rotatable bonds is 2. The molecule has 0 aromatic carbocycles. The maximum absolute atomic E-state index is 12.2. The molecule has 0 spiro atoms. The van der Waals surface area contributed by atoms with E-state index in [1.165, 1.54) is 12.8 Å². The van der Waals surface area contributed by atoms with Gasteiger partial charge in [-0.1, -0.05) is 18.9 Å². The Morgan fingerprint density at radius 2 is 2.00 bits per heavy atom. The minimum atomic E-state index is -0.460. The number of nitrogens with two attached hydrogens (primary N) is 1. The zero-order valence-electron chi connectivity index (χ0n) is 9.39. The van der Waals surface area contributed by atoms with E-state index in [1.54, 1.807) is 11.3 Å². The van der Waals surface area contributed by atoms with Crippen molar-refractivity contribution in [2.75, 3.05) is 13.1 Å². The van der Waals surface area contributed by atoms with Gasteiger partial charge in [0.05, 0.1) is 0 Å². The standard InChI is InChI=1S/C12H18N2OS/c13-11(10-6-5-9-16-10)12(15)14-7-3-1-2-4-8-14/h5-6,9,11H,1-4,7-8,13H2. The van der Waals surface area contributed by atoms with Crippen molar-refractivity contribution in [1.82, 2.24) is 4.90 Å². The van der Waals surface area contributed by atoms with Gasteiger partial charge < -0.3 is 10.6 Å². The summed E-state index contributed by atoms with van der Waals surface area (Å²) in [4.78, 5) is 15.1. The van der Waals surface area contributed by atoms with Gasteiger partial charge >= 0.3 is 0 Å². The molecule has 16 heavy (non-hydrogen) atoms. The molecule has 1 unspecified atom stereocenters. The Bertz CT molecular complexity index is 329. The van der Waals surface area contributed by atoms with Crippen LogP contribution in [0.1, 0.15) is 36.6 Å². The van der Waals surface area contributed by atoms with Gasteiger partial charge in [-0.15, -0.1) is 11.3 Å². The monoisotopic (exact) mass is 238 g/mol. The number of thiophene rings is 1. The normalized spacial score (nSPS) is 19.2. The van der Waals surface area contributed by atoms with Crippen LogP contribution >= 0.6 is 11.3 Å². The SMILES string of the molecule is NC(C(=O)N1CCCCCC1)c1cccs1. The van der Waals surface area contributed by atoms with Gasteiger partial charge in [0.15, 0.2) is 0 Å². The number of amides is 1. The molecule has 1 aliphatic rings. The summed E-state index contributed by atoms with van der Waals surface area (Å²) in [7, 11) is 0. The summed E-state index contributed by atoms with van der Waals surface area (Å²) in [6.07, 6.45) is 4.70. The molecule has 1 aromatic heterocycles. The summed E-state index contributed by atoms with van der Waals surface area (Å²) < 4.78 is 0. The molecule has 2 N–H and O–H groups in total. The number of nitrogens with zero attached hydrogens (tertiary/aromatic N) is 1. The molecule has 0 aliphatic carbocycles. The number of carbonyl (C=O) groups is 1. The van der Waals surface area contributed by atoms with Crippen LogP contribution in [0.25, 0.3) is 0 Å². The predicted octanol–water partition coefficient (Wildman–Crippen LogP) is 2.15. The molecular formula is C12H18N2OS. The van der Waals surface area contributed by atoms with E-state index in [0.717, 1.165) is 30.8 Å². The van der Waals surface area contributed by atoms with Crippen LogP contribution in [0.15, 0.2) is 17.5 Å². The Morgan fingerprint density at radius 1 is 1.31 bits per heavy atom. The largest absolute Gasteiger partial charge is 0.341 e. The van der Waals surface area contributed by atoms with E-state index in [1.807, 2.05) is 22.4 Å². The van der Waals surface area contributed by atoms with Gasteiger partial charge in [0.25, 0.3) is 0 Å². The summed E-state index contributed by atoms with van der Waals surface area (Å²) in [6, 6.07) is 3.42. The zero-order valence-corrected chi connectivity index (χ0v) is 10.2. The van der Waals surface area contributed by atoms with Crippen LogP contribution in [0.4, 0.5) is 0 Å². The highest BCUT2D eigenvalue weighted by Gasteiger charge is 2.23. The Labute approximate surface area is 100 Å². The number of carbonyl (C=O) groups excluding carboxylic acids is 1. The minimum absolute atomic E-state index is 0.0874. The first kappa shape index (κ1) is 11.6. The summed E-state index contributed by atoms with van der Waals surface area (Å²) in [5.41, 5.74) is 5.98. The van der Waals surface area contributed by atoms with Crippen molar-refractivity contribution in [3.8, 4) is 0 Å². The maximum atomic E-state index is 12.2. The fourth-order valence-electron chi connectivity index (χ4n) is 2.08. The molecule has 1 atom stereocenters. The van der Waals surface area contributed by atoms with Crippen LogP contribution in [-0.2, 0) is 4.79 Å². The highest BCUT2D eigenvalue weighted by atomic mass is 32.1. The first-order chi connectivity index (χ1) is 7.79. The molecular weight excluding hydrogens is 220 g/mol. The van der Waals surface area contributed by atoms with Gasteiger partial charge in [0, 0.05) is 18.0 Å². The first-order valence-electron chi connectivity index (χ1n) is 5.87. The lowest BCUT2D eigenvalue weighted by Crippen LogP contribution is -2.38. The second kappa shape index (κ2) is 5.46. The lowest BCUT2D eigenvalue weighted by atomic mass is 10.2. The predicted molar refractivity (Wildman–Crippen MR) is 66.3 cm³/mol. The van der Waals surface area contributed by atoms with Crippen LogP contribution in [0.2, 0.25) is 0 Å². The van der Waals surface area contributed by atoms with E-state index >= 15 is 0 Å². The summed E-state index contributed by atoms with van der Waals surface area (Å²) >= 11 is 1.56. The van der Waals surface area contributed by atoms with Crippen LogP contribution < -0.4 is 5.73 Å². The van der Waals surface area contributed by atoms with Crippen molar-refractivity contribution < 1.29 is 4.79 Å². The molecule has 0 bridgehead atoms. The average molecular weight is 238 g/mol. The third-order valence-electron chi connectivity index (χ3n) is 3.03. The van der Waals surface area contributed by atoms with Crippen LogP contribution in [0.5, 0.6) is 0 Å². The van der Waals surface area contributed by atoms with E-state index in [-0.39, 0.29) is 5.91 Å². The molecule has 1 fully saturated rings. The van der Waals surface area contributed by atoms with Gasteiger partial charge in [0.2, 0.25) is 5.91 Å². The molecule has 0 radical (unpaired) electrons. The van der Waals surface area contributed by atoms with Crippen molar-refractivity contribution in [3.63, 3.8) is 0 Å². The molecule has 2 heterocycles. The molecule has 1 aliphatic heterocycles. The molecule has 88 valence electrons. The lowest BCUT2D eigenvalue weighted by molar-refractivity contribution is -0.132. The smallest absolute Gasteiger partial charge is 0.244 e. The molecule has 0 saturated carbocycles. The molecule has 1 aromatic rings. The third-order valence-corrected chi connectivity index (χ3v) is 3.99. The van der Waals surface area contributed by atoms with Gasteiger partial charge in [0.1, 0.15) is 6.04 Å². The molecule has 3 nitrogen and oxygen atoms in total. The fourth-order valence-corrected chi connectivity index (χ4v) is 2.80. The quantitative estimate of drug-likeness (QED) is 0.858. The Morgan fingerprint density at radius 3 is 2.56 bits per heavy atom. The van der Waals surface area contributed by atoms with E-state index in [4.69, 9.17) is 5.73 Å². The van der Waals surface area contributed by atoms with Crippen molar-refractivity contribution in [1.29, 1.82) is 0 Å². The lowest BCUT2D eigenvalue weighted by Gasteiger charge is -2.23. The fraction of sp³-hybridized carbons (Fsp3) is 0.583. The van der Waals surface area contributed by atoms with E-state index in [0.29, 0.717) is 0 Å². The van der Waals surface area contributed by atoms with Crippen molar-refractivity contribution in [3.05, 3.63) is 22.4 Å². The average Bonchev–Trinajstić information content (AvgIpc) is 2.70. The van der Waals surface area contributed by atoms with Crippen molar-refractivity contribution in [2.45, 2.75) is 31.7 Å². The number of hydrogen-bond acceptors (Lipinski definition) is 3. The van der Waals surface area contributed by atoms with E-state index < -0.39 is 6.04 Å². The van der Waals surface area contributed by atoms with Gasteiger partial charge in [-0.05, 0) is 24.3 Å². The number of likely N-dealkylation sites (tertiary alicyclic amines) is 1. The summed E-state index contributed by atoms with van der Waals surface area (Å²) in [6.45, 7) is 1.75. The molecule has 1 saturated heterocycles. The topological polar surface area (TPSA) is 46.3 Å². The molecule has 1 amide bonds. The highest BCUT2D eigenvalue weighted by Crippen LogP contribution is 2.20. The van der Waals surface area contributed by atoms with E-state index in [9.17, 15) is 4.79 Å². The van der Waals surface area contributed by atoms with Crippen molar-refractivity contribution >= 4 is 17.2 Å². The highest BCUT2D eigenvalue weighted by molar-refractivity contribution is 7.10. The Balaban J connectivity index is 2.00. The number of hydrogen-bond donors (Lipinski definition) is 1. The minimum Gasteiger partial charge on any atom is -0.341 e. The second-order valence-electron chi connectivity index (χ2n) is 4.23. The van der Waals surface area contributed by atoms with Crippen LogP contribution in [0, 0.1) is 0 Å². The van der Waals surface area contributed by atoms with Gasteiger partial charge in [-0.2, -0.15) is 0 Å². The van der Waals surface area contributed by atoms with Gasteiger partial charge in [-0.3, -0.25) is 4.79 Å². The second-order valence-corrected chi connectivity index (χ2v) is 5.21. The third kappa shape index (κ3) is 2.62. The summed E-state index contributed by atoms with van der Waals surface area (Å²) in [5, 5.41) is 1.96. The van der Waals surface area contributed by atoms with Crippen LogP contribution in [-0.4, -0.2) is 23.9 Å². The summed E-state index contributed by atoms with van der Waals surface area (Å²) in [5.74, 6) is 0.0874. The van der Waals surface area contributed by atoms with Gasteiger partial charge in [-0.25, -0.2) is 0 Å². The van der Waals surface area contributed by atoms with E-state index in [2.05, 4.69) is 0 Å². The molecule has 2 rings (SSSR count). The zero-order chi connectivity index (χ0) is 11.4. The molecule has 4 heteroatoms. The van der Waals surface area contributed by atoms with Crippen molar-refractivity contribution in [2.24, 2.45) is 5.73 Å². The Hall–Kier alpha value is -0.870. The Kier molecular flexibility index (Phi) is 3.96. The maximum Gasteiger partial charge on any atom is 0.244 e. The van der Waals surface area contributed by atoms with Crippen LogP contribution in [0.3, 0.4) is 0 Å². The first-order valence-corrected chi connectivity index (χ1v) is 6.75.